The molecule has 4 unspecified atom stereocenters. The van der Waals surface area contributed by atoms with Crippen molar-refractivity contribution in [3.63, 3.8) is 0 Å². The number of benzene rings is 1. The molecule has 0 amide bonds. The highest BCUT2D eigenvalue weighted by Gasteiger charge is 2.53. The number of imidazole rings is 1. The maximum atomic E-state index is 12.7. The number of aliphatic carboxylic acids is 1. The van der Waals surface area contributed by atoms with E-state index >= 15 is 0 Å². The number of anilines is 1. The van der Waals surface area contributed by atoms with Gasteiger partial charge in [-0.3, -0.25) is 19.0 Å². The van der Waals surface area contributed by atoms with E-state index < -0.39 is 35.5 Å². The number of nitrogens with two attached hydrogens (primary N) is 1. The van der Waals surface area contributed by atoms with Gasteiger partial charge < -0.3 is 16.2 Å². The Kier molecular flexibility index (Phi) is 4.50. The van der Waals surface area contributed by atoms with E-state index in [2.05, 4.69) is 10.3 Å². The molecule has 4 N–H and O–H groups in total. The second-order valence-electron chi connectivity index (χ2n) is 7.63. The molecule has 1 fully saturated rings. The Labute approximate surface area is 161 Å². The first kappa shape index (κ1) is 18.4. The molecule has 0 bridgehead atoms. The van der Waals surface area contributed by atoms with Crippen LogP contribution in [0.1, 0.15) is 42.0 Å². The minimum atomic E-state index is -1.88. The number of para-hydroxylation sites is 1. The smallest absolute Gasteiger partial charge is 0.324 e. The van der Waals surface area contributed by atoms with E-state index in [1.807, 2.05) is 24.3 Å². The Morgan fingerprint density at radius 2 is 2.07 bits per heavy atom. The summed E-state index contributed by atoms with van der Waals surface area (Å²) in [4.78, 5) is 41.1. The van der Waals surface area contributed by atoms with Crippen LogP contribution < -0.4 is 11.1 Å². The Hall–Kier alpha value is -3.00. The first-order valence-corrected chi connectivity index (χ1v) is 9.35. The topological polar surface area (TPSA) is 127 Å². The summed E-state index contributed by atoms with van der Waals surface area (Å²) in [6.45, 7) is 0. The Balaban J connectivity index is 1.73. The molecule has 8 heteroatoms. The van der Waals surface area contributed by atoms with E-state index in [9.17, 15) is 19.5 Å². The van der Waals surface area contributed by atoms with Gasteiger partial charge in [-0.2, -0.15) is 0 Å². The standard InChI is InChI=1S/C20H22N4O4/c21-20(19(27)28,10-16(25)18(26)24-9-8-22-11-24)17-12-4-1-2-6-14(12)23-15-7-3-5-13(15)17/h1-2,4,6,8-9,11,13,15,17,23H,3,5,7,10,21H2,(H,27,28). The molecule has 1 aliphatic carbocycles. The summed E-state index contributed by atoms with van der Waals surface area (Å²) in [5, 5.41) is 13.5. The molecule has 1 saturated carbocycles. The van der Waals surface area contributed by atoms with Gasteiger partial charge in [0.25, 0.3) is 5.91 Å². The average Bonchev–Trinajstić information content (AvgIpc) is 3.36. The first-order valence-electron chi connectivity index (χ1n) is 9.35. The number of fused-ring (bicyclic) bond motifs is 2. The third-order valence-corrected chi connectivity index (χ3v) is 6.02. The summed E-state index contributed by atoms with van der Waals surface area (Å²) in [5.74, 6) is -3.51. The van der Waals surface area contributed by atoms with Gasteiger partial charge in [-0.05, 0) is 30.4 Å². The van der Waals surface area contributed by atoms with Crippen molar-refractivity contribution in [3.8, 4) is 0 Å². The minimum absolute atomic E-state index is 0.00727. The molecule has 146 valence electrons. The van der Waals surface area contributed by atoms with E-state index in [4.69, 9.17) is 5.73 Å². The number of carbonyl (C=O) groups is 3. The molecular formula is C20H22N4O4. The number of carboxylic acids is 1. The number of hydrogen-bond acceptors (Lipinski definition) is 6. The maximum Gasteiger partial charge on any atom is 0.324 e. The van der Waals surface area contributed by atoms with Crippen molar-refractivity contribution >= 4 is 23.3 Å². The van der Waals surface area contributed by atoms with Crippen molar-refractivity contribution in [2.24, 2.45) is 11.7 Å². The second kappa shape index (κ2) is 6.87. The number of carboxylic acid groups (broad SMARTS) is 1. The molecule has 1 aliphatic heterocycles. The Morgan fingerprint density at radius 3 is 2.79 bits per heavy atom. The van der Waals surface area contributed by atoms with Crippen LogP contribution in [0, 0.1) is 5.92 Å². The zero-order valence-electron chi connectivity index (χ0n) is 15.2. The fourth-order valence-corrected chi connectivity index (χ4v) is 4.74. The van der Waals surface area contributed by atoms with E-state index in [0.717, 1.165) is 35.1 Å². The molecular weight excluding hydrogens is 360 g/mol. The predicted molar refractivity (Wildman–Crippen MR) is 101 cm³/mol. The van der Waals surface area contributed by atoms with Gasteiger partial charge in [0.1, 0.15) is 11.9 Å². The van der Waals surface area contributed by atoms with Gasteiger partial charge in [0, 0.05) is 36.5 Å². The lowest BCUT2D eigenvalue weighted by atomic mass is 9.66. The molecule has 8 nitrogen and oxygen atoms in total. The number of nitrogens with one attached hydrogen (secondary N) is 1. The summed E-state index contributed by atoms with van der Waals surface area (Å²) < 4.78 is 1.04. The van der Waals surface area contributed by atoms with Crippen LogP contribution in [0.3, 0.4) is 0 Å². The lowest BCUT2D eigenvalue weighted by Gasteiger charge is -2.44. The van der Waals surface area contributed by atoms with Crippen LogP contribution >= 0.6 is 0 Å². The summed E-state index contributed by atoms with van der Waals surface area (Å²) in [6, 6.07) is 7.59. The van der Waals surface area contributed by atoms with Gasteiger partial charge in [0.15, 0.2) is 0 Å². The molecule has 0 radical (unpaired) electrons. The number of rotatable bonds is 5. The van der Waals surface area contributed by atoms with Crippen LogP contribution in [0.4, 0.5) is 5.69 Å². The lowest BCUT2D eigenvalue weighted by molar-refractivity contribution is -0.147. The fourth-order valence-electron chi connectivity index (χ4n) is 4.74. The van der Waals surface area contributed by atoms with Crippen LogP contribution in [0.25, 0.3) is 0 Å². The second-order valence-corrected chi connectivity index (χ2v) is 7.63. The van der Waals surface area contributed by atoms with E-state index in [1.165, 1.54) is 18.7 Å². The van der Waals surface area contributed by atoms with Gasteiger partial charge in [0.05, 0.1) is 0 Å². The molecule has 0 spiro atoms. The summed E-state index contributed by atoms with van der Waals surface area (Å²) in [7, 11) is 0. The van der Waals surface area contributed by atoms with Crippen LogP contribution in [0.2, 0.25) is 0 Å². The third-order valence-electron chi connectivity index (χ3n) is 6.02. The van der Waals surface area contributed by atoms with Crippen molar-refractivity contribution < 1.29 is 19.5 Å². The molecule has 1 aromatic carbocycles. The SMILES string of the molecule is NC(CC(=O)C(=O)n1ccnc1)(C(=O)O)C1c2ccccc2NC2CCCC21. The van der Waals surface area contributed by atoms with Crippen LogP contribution in [0.15, 0.2) is 43.0 Å². The van der Waals surface area contributed by atoms with Gasteiger partial charge in [-0.1, -0.05) is 24.6 Å². The number of ketones is 1. The first-order chi connectivity index (χ1) is 13.4. The molecule has 1 aromatic heterocycles. The number of nitrogens with zero attached hydrogens (tertiary/aromatic N) is 2. The number of Topliss-reactive ketones (excluding diaryl/α,β-unsaturated/α-hetero) is 1. The van der Waals surface area contributed by atoms with Crippen molar-refractivity contribution in [2.45, 2.75) is 43.2 Å². The van der Waals surface area contributed by atoms with Gasteiger partial charge in [-0.25, -0.2) is 4.98 Å². The zero-order valence-corrected chi connectivity index (χ0v) is 15.2. The Bertz CT molecular complexity index is 926. The average molecular weight is 382 g/mol. The molecule has 2 aromatic rings. The van der Waals surface area contributed by atoms with E-state index in [1.54, 1.807) is 0 Å². The summed E-state index contributed by atoms with van der Waals surface area (Å²) in [6.07, 6.45) is 6.09. The quantitative estimate of drug-likeness (QED) is 0.671. The summed E-state index contributed by atoms with van der Waals surface area (Å²) >= 11 is 0. The van der Waals surface area contributed by atoms with Gasteiger partial charge in [-0.15, -0.1) is 0 Å². The fraction of sp³-hybridized carbons (Fsp3) is 0.400. The Morgan fingerprint density at radius 1 is 1.29 bits per heavy atom. The maximum absolute atomic E-state index is 12.7. The van der Waals surface area contributed by atoms with Gasteiger partial charge >= 0.3 is 5.97 Å². The molecule has 28 heavy (non-hydrogen) atoms. The predicted octanol–water partition coefficient (Wildman–Crippen LogP) is 1.64. The van der Waals surface area contributed by atoms with Gasteiger partial charge in [0.2, 0.25) is 5.78 Å². The molecule has 2 aliphatic rings. The van der Waals surface area contributed by atoms with Crippen molar-refractivity contribution in [2.75, 3.05) is 5.32 Å². The van der Waals surface area contributed by atoms with E-state index in [-0.39, 0.29) is 12.0 Å². The monoisotopic (exact) mass is 382 g/mol. The van der Waals surface area contributed by atoms with Crippen molar-refractivity contribution in [3.05, 3.63) is 48.5 Å². The van der Waals surface area contributed by atoms with Crippen LogP contribution in [0.5, 0.6) is 0 Å². The molecule has 4 atom stereocenters. The van der Waals surface area contributed by atoms with Crippen molar-refractivity contribution in [1.82, 2.24) is 9.55 Å². The zero-order chi connectivity index (χ0) is 19.9. The number of carbonyl (C=O) groups excluding carboxylic acids is 2. The molecule has 0 saturated heterocycles. The minimum Gasteiger partial charge on any atom is -0.480 e. The normalized spacial score (nSPS) is 25.1. The lowest BCUT2D eigenvalue weighted by Crippen LogP contribution is -2.59. The third kappa shape index (κ3) is 2.90. The number of aromatic nitrogens is 2. The molecule has 2 heterocycles. The highest BCUT2D eigenvalue weighted by atomic mass is 16.4. The van der Waals surface area contributed by atoms with Crippen LogP contribution in [-0.2, 0) is 9.59 Å². The highest BCUT2D eigenvalue weighted by Crippen LogP contribution is 2.50. The van der Waals surface area contributed by atoms with Crippen LogP contribution in [-0.4, -0.2) is 43.9 Å². The summed E-state index contributed by atoms with van der Waals surface area (Å²) in [5.41, 5.74) is 6.21. The van der Waals surface area contributed by atoms with Crippen molar-refractivity contribution in [1.29, 1.82) is 0 Å². The molecule has 4 rings (SSSR count). The highest BCUT2D eigenvalue weighted by molar-refractivity contribution is 6.37. The largest absolute Gasteiger partial charge is 0.480 e. The van der Waals surface area contributed by atoms with E-state index in [0.29, 0.717) is 0 Å². The number of hydrogen-bond donors (Lipinski definition) is 3.